The Morgan fingerprint density at radius 1 is 1.47 bits per heavy atom. The van der Waals surface area contributed by atoms with E-state index in [4.69, 9.17) is 16.3 Å². The molecule has 0 amide bonds. The molecule has 1 aliphatic rings. The average Bonchev–Trinajstić information content (AvgIpc) is 2.92. The second-order valence-corrected chi connectivity index (χ2v) is 6.84. The zero-order valence-electron chi connectivity index (χ0n) is 10.9. The molecule has 2 rings (SSSR count). The quantitative estimate of drug-likeness (QED) is 0.912. The lowest BCUT2D eigenvalue weighted by molar-refractivity contribution is 0.386. The van der Waals surface area contributed by atoms with E-state index in [1.807, 2.05) is 0 Å². The number of ether oxygens (including phenoxy) is 1. The minimum atomic E-state index is -3.60. The number of likely N-dealkylation sites (N-methyl/N-ethyl adjacent to an activating group) is 1. The summed E-state index contributed by atoms with van der Waals surface area (Å²) in [4.78, 5) is 0.0860. The van der Waals surface area contributed by atoms with E-state index in [2.05, 4.69) is 5.32 Å². The number of rotatable bonds is 4. The highest BCUT2D eigenvalue weighted by Crippen LogP contribution is 2.29. The summed E-state index contributed by atoms with van der Waals surface area (Å²) < 4.78 is 31.6. The van der Waals surface area contributed by atoms with Gasteiger partial charge in [0.1, 0.15) is 10.6 Å². The summed E-state index contributed by atoms with van der Waals surface area (Å²) in [7, 11) is -0.528. The largest absolute Gasteiger partial charge is 0.497 e. The fourth-order valence-corrected chi connectivity index (χ4v) is 3.98. The van der Waals surface area contributed by atoms with Gasteiger partial charge >= 0.3 is 0 Å². The van der Waals surface area contributed by atoms with Gasteiger partial charge in [-0.1, -0.05) is 11.6 Å². The van der Waals surface area contributed by atoms with Crippen molar-refractivity contribution in [2.45, 2.75) is 17.4 Å². The Labute approximate surface area is 118 Å². The summed E-state index contributed by atoms with van der Waals surface area (Å²) in [5.74, 6) is 0.473. The van der Waals surface area contributed by atoms with Gasteiger partial charge in [-0.3, -0.25) is 0 Å². The van der Waals surface area contributed by atoms with E-state index in [0.29, 0.717) is 12.3 Å². The molecule has 5 nitrogen and oxygen atoms in total. The third-order valence-corrected chi connectivity index (χ3v) is 5.74. The van der Waals surface area contributed by atoms with Crippen molar-refractivity contribution < 1.29 is 13.2 Å². The van der Waals surface area contributed by atoms with Crippen LogP contribution in [0.1, 0.15) is 6.42 Å². The molecule has 1 aromatic carbocycles. The molecule has 0 spiro atoms. The number of methoxy groups -OCH3 is 1. The van der Waals surface area contributed by atoms with Gasteiger partial charge in [-0.25, -0.2) is 8.42 Å². The molecule has 1 heterocycles. The van der Waals surface area contributed by atoms with Crippen molar-refractivity contribution in [3.8, 4) is 5.75 Å². The van der Waals surface area contributed by atoms with Crippen LogP contribution in [0.3, 0.4) is 0 Å². The van der Waals surface area contributed by atoms with Crippen LogP contribution in [-0.4, -0.2) is 46.0 Å². The Morgan fingerprint density at radius 3 is 2.79 bits per heavy atom. The van der Waals surface area contributed by atoms with E-state index >= 15 is 0 Å². The standard InChI is InChI=1S/C12H17ClN2O3S/c1-15(9-5-6-14-8-9)19(16,17)12-7-10(18-2)3-4-11(12)13/h3-4,7,9,14H,5-6,8H2,1-2H3. The lowest BCUT2D eigenvalue weighted by atomic mass is 10.3. The van der Waals surface area contributed by atoms with Gasteiger partial charge in [-0.05, 0) is 25.1 Å². The van der Waals surface area contributed by atoms with Crippen molar-refractivity contribution in [1.82, 2.24) is 9.62 Å². The number of hydrogen-bond donors (Lipinski definition) is 1. The van der Waals surface area contributed by atoms with Gasteiger partial charge in [0.05, 0.1) is 12.1 Å². The molecule has 1 aliphatic heterocycles. The van der Waals surface area contributed by atoms with Gasteiger partial charge in [0, 0.05) is 25.7 Å². The molecular weight excluding hydrogens is 288 g/mol. The molecule has 1 fully saturated rings. The van der Waals surface area contributed by atoms with Crippen molar-refractivity contribution in [2.24, 2.45) is 0 Å². The molecule has 1 aromatic rings. The van der Waals surface area contributed by atoms with E-state index in [9.17, 15) is 8.42 Å². The van der Waals surface area contributed by atoms with Gasteiger partial charge in [-0.2, -0.15) is 4.31 Å². The summed E-state index contributed by atoms with van der Waals surface area (Å²) in [5, 5.41) is 3.36. The fraction of sp³-hybridized carbons (Fsp3) is 0.500. The number of halogens is 1. The first-order chi connectivity index (χ1) is 8.96. The Balaban J connectivity index is 2.38. The maximum atomic E-state index is 12.6. The maximum absolute atomic E-state index is 12.6. The molecule has 0 aromatic heterocycles. The van der Waals surface area contributed by atoms with Crippen LogP contribution in [0.15, 0.2) is 23.1 Å². The molecule has 19 heavy (non-hydrogen) atoms. The number of nitrogens with zero attached hydrogens (tertiary/aromatic N) is 1. The van der Waals surface area contributed by atoms with Crippen LogP contribution in [0.4, 0.5) is 0 Å². The molecule has 1 N–H and O–H groups in total. The third kappa shape index (κ3) is 2.86. The predicted octanol–water partition coefficient (Wildman–Crippen LogP) is 1.33. The summed E-state index contributed by atoms with van der Waals surface area (Å²) in [6.07, 6.45) is 0.803. The van der Waals surface area contributed by atoms with E-state index in [1.54, 1.807) is 13.1 Å². The van der Waals surface area contributed by atoms with Crippen LogP contribution in [-0.2, 0) is 10.0 Å². The van der Waals surface area contributed by atoms with Crippen LogP contribution < -0.4 is 10.1 Å². The van der Waals surface area contributed by atoms with E-state index < -0.39 is 10.0 Å². The van der Waals surface area contributed by atoms with E-state index in [-0.39, 0.29) is 16.0 Å². The maximum Gasteiger partial charge on any atom is 0.244 e. The summed E-state index contributed by atoms with van der Waals surface area (Å²) in [6, 6.07) is 4.59. The molecule has 1 saturated heterocycles. The average molecular weight is 305 g/mol. The van der Waals surface area contributed by atoms with Gasteiger partial charge in [-0.15, -0.1) is 0 Å². The molecule has 0 radical (unpaired) electrons. The molecule has 106 valence electrons. The van der Waals surface area contributed by atoms with Crippen LogP contribution in [0.5, 0.6) is 5.75 Å². The Bertz CT molecular complexity index is 556. The number of benzene rings is 1. The third-order valence-electron chi connectivity index (χ3n) is 3.34. The Kier molecular flexibility index (Phi) is 4.35. The molecule has 0 saturated carbocycles. The zero-order valence-corrected chi connectivity index (χ0v) is 12.5. The van der Waals surface area contributed by atoms with Gasteiger partial charge in [0.2, 0.25) is 10.0 Å². The second-order valence-electron chi connectivity index (χ2n) is 4.46. The fourth-order valence-electron chi connectivity index (χ4n) is 2.11. The van der Waals surface area contributed by atoms with Crippen LogP contribution >= 0.6 is 11.6 Å². The van der Waals surface area contributed by atoms with Gasteiger partial charge in [0.25, 0.3) is 0 Å². The van der Waals surface area contributed by atoms with Gasteiger partial charge < -0.3 is 10.1 Å². The minimum absolute atomic E-state index is 0.0349. The number of nitrogens with one attached hydrogen (secondary N) is 1. The first-order valence-electron chi connectivity index (χ1n) is 5.99. The highest BCUT2D eigenvalue weighted by atomic mass is 35.5. The Hall–Kier alpha value is -0.820. The molecular formula is C12H17ClN2O3S. The van der Waals surface area contributed by atoms with E-state index in [0.717, 1.165) is 13.0 Å². The first kappa shape index (κ1) is 14.6. The second kappa shape index (κ2) is 5.66. The highest BCUT2D eigenvalue weighted by molar-refractivity contribution is 7.89. The molecule has 0 aliphatic carbocycles. The van der Waals surface area contributed by atoms with Crippen LogP contribution in [0.25, 0.3) is 0 Å². The minimum Gasteiger partial charge on any atom is -0.497 e. The van der Waals surface area contributed by atoms with Gasteiger partial charge in [0.15, 0.2) is 0 Å². The lowest BCUT2D eigenvalue weighted by Crippen LogP contribution is -2.38. The predicted molar refractivity (Wildman–Crippen MR) is 74.2 cm³/mol. The smallest absolute Gasteiger partial charge is 0.244 e. The van der Waals surface area contributed by atoms with Crippen molar-refractivity contribution in [3.05, 3.63) is 23.2 Å². The zero-order chi connectivity index (χ0) is 14.0. The molecule has 1 atom stereocenters. The summed E-state index contributed by atoms with van der Waals surface area (Å²) in [5.41, 5.74) is 0. The van der Waals surface area contributed by atoms with Crippen molar-refractivity contribution in [1.29, 1.82) is 0 Å². The van der Waals surface area contributed by atoms with Crippen molar-refractivity contribution in [3.63, 3.8) is 0 Å². The summed E-state index contributed by atoms with van der Waals surface area (Å²) in [6.45, 7) is 1.49. The topological polar surface area (TPSA) is 58.6 Å². The van der Waals surface area contributed by atoms with Crippen molar-refractivity contribution >= 4 is 21.6 Å². The lowest BCUT2D eigenvalue weighted by Gasteiger charge is -2.23. The Morgan fingerprint density at radius 2 is 2.21 bits per heavy atom. The number of sulfonamides is 1. The van der Waals surface area contributed by atoms with Crippen LogP contribution in [0.2, 0.25) is 5.02 Å². The number of hydrogen-bond acceptors (Lipinski definition) is 4. The van der Waals surface area contributed by atoms with Crippen LogP contribution in [0, 0.1) is 0 Å². The molecule has 1 unspecified atom stereocenters. The summed E-state index contributed by atoms with van der Waals surface area (Å²) >= 11 is 6.01. The highest BCUT2D eigenvalue weighted by Gasteiger charge is 2.31. The normalized spacial score (nSPS) is 19.9. The molecule has 7 heteroatoms. The van der Waals surface area contributed by atoms with Crippen molar-refractivity contribution in [2.75, 3.05) is 27.2 Å². The SMILES string of the molecule is COc1ccc(Cl)c(S(=O)(=O)N(C)C2CCNC2)c1. The van der Waals surface area contributed by atoms with E-state index in [1.165, 1.54) is 23.5 Å². The first-order valence-corrected chi connectivity index (χ1v) is 7.81. The monoisotopic (exact) mass is 304 g/mol. The molecule has 0 bridgehead atoms.